The van der Waals surface area contributed by atoms with Gasteiger partial charge in [-0.15, -0.1) is 11.3 Å². The minimum Gasteiger partial charge on any atom is -0.481 e. The summed E-state index contributed by atoms with van der Waals surface area (Å²) in [6.45, 7) is 3.67. The Labute approximate surface area is 213 Å². The molecule has 1 saturated carbocycles. The van der Waals surface area contributed by atoms with Gasteiger partial charge in [-0.2, -0.15) is 10.1 Å². The van der Waals surface area contributed by atoms with Gasteiger partial charge in [-0.25, -0.2) is 4.98 Å². The fourth-order valence-electron chi connectivity index (χ4n) is 5.90. The molecule has 1 saturated heterocycles. The van der Waals surface area contributed by atoms with Gasteiger partial charge in [-0.1, -0.05) is 0 Å². The van der Waals surface area contributed by atoms with Crippen molar-refractivity contribution in [2.24, 2.45) is 7.05 Å². The Kier molecular flexibility index (Phi) is 6.53. The lowest BCUT2D eigenvalue weighted by atomic mass is 9.91. The molecule has 0 bridgehead atoms. The summed E-state index contributed by atoms with van der Waals surface area (Å²) in [6.07, 6.45) is 9.70. The van der Waals surface area contributed by atoms with Crippen LogP contribution < -0.4 is 10.1 Å². The summed E-state index contributed by atoms with van der Waals surface area (Å²) in [5.41, 5.74) is 1.89. The molecule has 1 atom stereocenters. The molecule has 0 radical (unpaired) electrons. The molecule has 0 spiro atoms. The van der Waals surface area contributed by atoms with Crippen LogP contribution in [0.2, 0.25) is 0 Å². The fourth-order valence-corrected chi connectivity index (χ4v) is 7.17. The Morgan fingerprint density at radius 2 is 2.03 bits per heavy atom. The van der Waals surface area contributed by atoms with Crippen LogP contribution in [0.5, 0.6) is 5.88 Å². The summed E-state index contributed by atoms with van der Waals surface area (Å²) < 4.78 is 13.9. The Morgan fingerprint density at radius 1 is 1.22 bits per heavy atom. The number of carboxylic acid groups (broad SMARTS) is 1. The molecule has 2 fully saturated rings. The van der Waals surface area contributed by atoms with Gasteiger partial charge < -0.3 is 19.9 Å². The lowest BCUT2D eigenvalue weighted by molar-refractivity contribution is -0.137. The van der Waals surface area contributed by atoms with Crippen LogP contribution in [0.3, 0.4) is 0 Å². The molecule has 2 N–H and O–H groups in total. The molecular formula is C25H32N6O4S. The highest BCUT2D eigenvalue weighted by molar-refractivity contribution is 7.19. The first-order valence-corrected chi connectivity index (χ1v) is 13.6. The molecule has 3 aliphatic rings. The maximum atomic E-state index is 11.6. The predicted octanol–water partition coefficient (Wildman–Crippen LogP) is 3.70. The minimum atomic E-state index is -0.771. The van der Waals surface area contributed by atoms with E-state index < -0.39 is 5.97 Å². The lowest BCUT2D eigenvalue weighted by Crippen LogP contribution is -2.46. The number of aromatic nitrogens is 4. The Morgan fingerprint density at radius 3 is 2.75 bits per heavy atom. The third-order valence-corrected chi connectivity index (χ3v) is 8.79. The zero-order valence-electron chi connectivity index (χ0n) is 20.5. The van der Waals surface area contributed by atoms with Crippen LogP contribution in [0.4, 0.5) is 11.6 Å². The van der Waals surface area contributed by atoms with Crippen molar-refractivity contribution >= 4 is 39.2 Å². The van der Waals surface area contributed by atoms with Crippen molar-refractivity contribution in [3.8, 4) is 5.88 Å². The van der Waals surface area contributed by atoms with Gasteiger partial charge in [0.05, 0.1) is 36.9 Å². The molecule has 3 aromatic heterocycles. The largest absolute Gasteiger partial charge is 0.481 e. The number of nitrogens with zero attached hydrogens (tertiary/aromatic N) is 5. The second-order valence-corrected chi connectivity index (χ2v) is 11.1. The standard InChI is InChI=1S/C25H32N6O4S/c1-30-14-16(13-26-30)27-25-28-23(35-18-5-3-17(4-6-18)31-8-10-34-11-9-31)22-21-15(12-20(32)33)2-7-19(21)36-24(22)29-25/h13-15,17-18H,2-12H2,1H3,(H,32,33)(H,27,28,29)/t15-,17?,18?/m1/s1. The Balaban J connectivity index is 1.28. The van der Waals surface area contributed by atoms with Crippen LogP contribution in [0.1, 0.15) is 54.9 Å². The number of aryl methyl sites for hydroxylation is 2. The lowest BCUT2D eigenvalue weighted by Gasteiger charge is -2.38. The first kappa shape index (κ1) is 23.6. The van der Waals surface area contributed by atoms with Gasteiger partial charge in [0.15, 0.2) is 0 Å². The molecule has 1 aliphatic heterocycles. The molecule has 36 heavy (non-hydrogen) atoms. The molecule has 2 aliphatic carbocycles. The number of rotatable bonds is 7. The fraction of sp³-hybridized carbons (Fsp3) is 0.600. The van der Waals surface area contributed by atoms with E-state index in [1.54, 1.807) is 22.2 Å². The highest BCUT2D eigenvalue weighted by Gasteiger charge is 2.34. The second-order valence-electron chi connectivity index (χ2n) is 10.0. The van der Waals surface area contributed by atoms with E-state index in [1.165, 1.54) is 4.88 Å². The van der Waals surface area contributed by atoms with Crippen molar-refractivity contribution < 1.29 is 19.4 Å². The molecule has 3 aromatic rings. The van der Waals surface area contributed by atoms with Crippen LogP contribution in [-0.2, 0) is 23.0 Å². The average molecular weight is 513 g/mol. The monoisotopic (exact) mass is 512 g/mol. The first-order chi connectivity index (χ1) is 17.5. The molecule has 192 valence electrons. The zero-order valence-corrected chi connectivity index (χ0v) is 21.3. The summed E-state index contributed by atoms with van der Waals surface area (Å²) in [5, 5.41) is 17.9. The van der Waals surface area contributed by atoms with E-state index in [0.29, 0.717) is 17.9 Å². The molecule has 0 amide bonds. The maximum absolute atomic E-state index is 11.6. The maximum Gasteiger partial charge on any atom is 0.303 e. The van der Waals surface area contributed by atoms with Crippen LogP contribution in [0.25, 0.3) is 10.2 Å². The van der Waals surface area contributed by atoms with Gasteiger partial charge in [0.25, 0.3) is 0 Å². The van der Waals surface area contributed by atoms with Gasteiger partial charge in [0.2, 0.25) is 11.8 Å². The molecule has 4 heterocycles. The summed E-state index contributed by atoms with van der Waals surface area (Å²) in [7, 11) is 1.86. The third kappa shape index (κ3) is 4.79. The number of thiophene rings is 1. The number of nitrogens with one attached hydrogen (secondary N) is 1. The highest BCUT2D eigenvalue weighted by Crippen LogP contribution is 2.48. The van der Waals surface area contributed by atoms with E-state index in [-0.39, 0.29) is 18.4 Å². The second kappa shape index (κ2) is 9.95. The average Bonchev–Trinajstić information content (AvgIpc) is 3.56. The number of anilines is 2. The van der Waals surface area contributed by atoms with Gasteiger partial charge in [-0.05, 0) is 50.0 Å². The van der Waals surface area contributed by atoms with E-state index in [2.05, 4.69) is 15.3 Å². The molecule has 0 unspecified atom stereocenters. The minimum absolute atomic E-state index is 0.0219. The van der Waals surface area contributed by atoms with Gasteiger partial charge in [0, 0.05) is 37.3 Å². The molecule has 10 nitrogen and oxygen atoms in total. The normalized spacial score (nSPS) is 24.6. The van der Waals surface area contributed by atoms with Gasteiger partial charge in [0.1, 0.15) is 10.9 Å². The smallest absolute Gasteiger partial charge is 0.303 e. The number of aliphatic carboxylic acids is 1. The first-order valence-electron chi connectivity index (χ1n) is 12.8. The Bertz CT molecular complexity index is 1240. The molecule has 0 aromatic carbocycles. The van der Waals surface area contributed by atoms with Crippen LogP contribution >= 0.6 is 11.3 Å². The quantitative estimate of drug-likeness (QED) is 0.489. The van der Waals surface area contributed by atoms with E-state index in [9.17, 15) is 9.90 Å². The number of hydrogen-bond donors (Lipinski definition) is 2. The number of hydrogen-bond acceptors (Lipinski definition) is 9. The van der Waals surface area contributed by atoms with Gasteiger partial charge >= 0.3 is 5.97 Å². The molecule has 6 rings (SSSR count). The summed E-state index contributed by atoms with van der Waals surface area (Å²) in [6, 6.07) is 0.590. The van der Waals surface area contributed by atoms with Crippen LogP contribution in [0, 0.1) is 0 Å². The molecule has 11 heteroatoms. The summed E-state index contributed by atoms with van der Waals surface area (Å²) in [4.78, 5) is 25.8. The predicted molar refractivity (Wildman–Crippen MR) is 136 cm³/mol. The van der Waals surface area contributed by atoms with Crippen molar-refractivity contribution in [2.45, 2.75) is 63.0 Å². The number of fused-ring (bicyclic) bond motifs is 3. The summed E-state index contributed by atoms with van der Waals surface area (Å²) >= 11 is 1.64. The number of ether oxygens (including phenoxy) is 2. The zero-order chi connectivity index (χ0) is 24.6. The topological polar surface area (TPSA) is 115 Å². The van der Waals surface area contributed by atoms with Crippen molar-refractivity contribution in [3.63, 3.8) is 0 Å². The molecular weight excluding hydrogens is 480 g/mol. The number of carboxylic acids is 1. The third-order valence-electron chi connectivity index (χ3n) is 7.63. The number of carbonyl (C=O) groups is 1. The number of morpholine rings is 1. The van der Waals surface area contributed by atoms with Crippen molar-refractivity contribution in [1.29, 1.82) is 0 Å². The van der Waals surface area contributed by atoms with E-state index >= 15 is 0 Å². The van der Waals surface area contributed by atoms with Crippen LogP contribution in [-0.4, -0.2) is 74.2 Å². The van der Waals surface area contributed by atoms with E-state index in [1.807, 2.05) is 13.2 Å². The highest BCUT2D eigenvalue weighted by atomic mass is 32.1. The van der Waals surface area contributed by atoms with Gasteiger partial charge in [-0.3, -0.25) is 14.4 Å². The van der Waals surface area contributed by atoms with E-state index in [4.69, 9.17) is 19.4 Å². The van der Waals surface area contributed by atoms with Crippen molar-refractivity contribution in [3.05, 3.63) is 22.8 Å². The SMILES string of the molecule is Cn1cc(Nc2nc(OC3CCC(N4CCOCC4)CC3)c3c4c(sc3n2)CC[C@@H]4CC(=O)O)cn1. The van der Waals surface area contributed by atoms with Crippen molar-refractivity contribution in [1.82, 2.24) is 24.6 Å². The van der Waals surface area contributed by atoms with E-state index in [0.717, 1.165) is 86.3 Å². The summed E-state index contributed by atoms with van der Waals surface area (Å²) in [5.74, 6) is 0.261. The Hall–Kier alpha value is -2.76. The van der Waals surface area contributed by atoms with Crippen molar-refractivity contribution in [2.75, 3.05) is 31.6 Å². The van der Waals surface area contributed by atoms with Crippen LogP contribution in [0.15, 0.2) is 12.4 Å².